The Kier molecular flexibility index (Phi) is 9.59. The minimum absolute atomic E-state index is 0.158. The Bertz CT molecular complexity index is 1200. The maximum Gasteiger partial charge on any atom is 0.321 e. The predicted molar refractivity (Wildman–Crippen MR) is 148 cm³/mol. The second-order valence-electron chi connectivity index (χ2n) is 10.5. The Morgan fingerprint density at radius 3 is 2.52 bits per heavy atom. The number of carbonyl (C=O) groups is 3. The van der Waals surface area contributed by atoms with Gasteiger partial charge in [0.2, 0.25) is 5.91 Å². The number of urea groups is 1. The van der Waals surface area contributed by atoms with Crippen LogP contribution < -0.4 is 15.4 Å². The molecule has 11 heteroatoms. The fourth-order valence-corrected chi connectivity index (χ4v) is 4.86. The number of anilines is 2. The van der Waals surface area contributed by atoms with E-state index in [4.69, 9.17) is 9.47 Å². The van der Waals surface area contributed by atoms with Gasteiger partial charge in [0.25, 0.3) is 5.91 Å². The zero-order valence-corrected chi connectivity index (χ0v) is 23.1. The number of ether oxygens (including phenoxy) is 2. The molecule has 0 radical (unpaired) electrons. The van der Waals surface area contributed by atoms with E-state index < -0.39 is 24.0 Å². The van der Waals surface area contributed by atoms with Crippen LogP contribution in [0.25, 0.3) is 0 Å². The van der Waals surface area contributed by atoms with Crippen molar-refractivity contribution in [3.8, 4) is 5.75 Å². The van der Waals surface area contributed by atoms with E-state index in [-0.39, 0.29) is 54.7 Å². The van der Waals surface area contributed by atoms with E-state index >= 15 is 0 Å². The molecule has 0 spiro atoms. The molecule has 3 atom stereocenters. The SMILES string of the molecule is C[C@@H]1CN([C@H](C)CO)C(=O)c2cccc(NC(=O)C3CCOCC3)c2O[C@H]1CN(C)C(=O)Nc1ccc(F)cc1. The van der Waals surface area contributed by atoms with Gasteiger partial charge in [-0.15, -0.1) is 0 Å². The Labute approximate surface area is 233 Å². The maximum atomic E-state index is 13.6. The number of hydrogen-bond acceptors (Lipinski definition) is 6. The highest BCUT2D eigenvalue weighted by atomic mass is 19.1. The van der Waals surface area contributed by atoms with Crippen LogP contribution in [0.4, 0.5) is 20.6 Å². The lowest BCUT2D eigenvalue weighted by Gasteiger charge is -2.38. The molecule has 10 nitrogen and oxygen atoms in total. The molecule has 216 valence electrons. The number of halogens is 1. The quantitative estimate of drug-likeness (QED) is 0.480. The van der Waals surface area contributed by atoms with Crippen molar-refractivity contribution in [2.45, 2.75) is 38.8 Å². The lowest BCUT2D eigenvalue weighted by molar-refractivity contribution is -0.122. The summed E-state index contributed by atoms with van der Waals surface area (Å²) in [5, 5.41) is 15.6. The van der Waals surface area contributed by atoms with Crippen molar-refractivity contribution >= 4 is 29.2 Å². The molecule has 3 N–H and O–H groups in total. The molecule has 2 aliphatic heterocycles. The van der Waals surface area contributed by atoms with Gasteiger partial charge < -0.3 is 35.0 Å². The van der Waals surface area contributed by atoms with Crippen molar-refractivity contribution in [1.82, 2.24) is 9.80 Å². The summed E-state index contributed by atoms with van der Waals surface area (Å²) in [6.07, 6.45) is 0.650. The van der Waals surface area contributed by atoms with Crippen LogP contribution in [0.15, 0.2) is 42.5 Å². The monoisotopic (exact) mass is 556 g/mol. The number of hydrogen-bond donors (Lipinski definition) is 3. The highest BCUT2D eigenvalue weighted by Gasteiger charge is 2.35. The summed E-state index contributed by atoms with van der Waals surface area (Å²) >= 11 is 0. The van der Waals surface area contributed by atoms with Gasteiger partial charge in [-0.3, -0.25) is 9.59 Å². The number of aliphatic hydroxyl groups is 1. The maximum absolute atomic E-state index is 13.6. The van der Waals surface area contributed by atoms with Crippen LogP contribution in [-0.2, 0) is 9.53 Å². The lowest BCUT2D eigenvalue weighted by atomic mass is 9.98. The van der Waals surface area contributed by atoms with Gasteiger partial charge in [0.15, 0.2) is 5.75 Å². The van der Waals surface area contributed by atoms with E-state index in [1.807, 2.05) is 6.92 Å². The summed E-state index contributed by atoms with van der Waals surface area (Å²) in [4.78, 5) is 42.7. The summed E-state index contributed by atoms with van der Waals surface area (Å²) < 4.78 is 25.1. The largest absolute Gasteiger partial charge is 0.485 e. The molecule has 4 amide bonds. The number of benzene rings is 2. The van der Waals surface area contributed by atoms with E-state index in [1.54, 1.807) is 37.1 Å². The molecule has 0 saturated carbocycles. The molecule has 1 saturated heterocycles. The lowest BCUT2D eigenvalue weighted by Crippen LogP contribution is -2.50. The Morgan fingerprint density at radius 1 is 1.15 bits per heavy atom. The normalized spacial score (nSPS) is 20.4. The van der Waals surface area contributed by atoms with Crippen LogP contribution in [0.3, 0.4) is 0 Å². The molecule has 2 aromatic rings. The van der Waals surface area contributed by atoms with Crippen molar-refractivity contribution in [2.24, 2.45) is 11.8 Å². The summed E-state index contributed by atoms with van der Waals surface area (Å²) in [5.41, 5.74) is 1.08. The molecular formula is C29H37FN4O6. The van der Waals surface area contributed by atoms with Gasteiger partial charge in [-0.25, -0.2) is 9.18 Å². The molecule has 0 unspecified atom stereocenters. The van der Waals surface area contributed by atoms with Crippen LogP contribution in [0.5, 0.6) is 5.75 Å². The van der Waals surface area contributed by atoms with Gasteiger partial charge in [0.05, 0.1) is 30.4 Å². The third-order valence-corrected chi connectivity index (χ3v) is 7.44. The van der Waals surface area contributed by atoms with Crippen LogP contribution >= 0.6 is 0 Å². The van der Waals surface area contributed by atoms with Crippen LogP contribution in [-0.4, -0.2) is 84.9 Å². The average molecular weight is 557 g/mol. The fourth-order valence-electron chi connectivity index (χ4n) is 4.86. The summed E-state index contributed by atoms with van der Waals surface area (Å²) in [5.74, 6) is -1.12. The van der Waals surface area contributed by atoms with Crippen molar-refractivity contribution < 1.29 is 33.4 Å². The van der Waals surface area contributed by atoms with Crippen molar-refractivity contribution in [2.75, 3.05) is 50.6 Å². The average Bonchev–Trinajstić information content (AvgIpc) is 2.96. The number of amides is 4. The van der Waals surface area contributed by atoms with Crippen LogP contribution in [0, 0.1) is 17.7 Å². The standard InChI is InChI=1S/C29H37FN4O6/c1-18-15-34(19(2)17-35)28(37)23-5-4-6-24(32-27(36)20-11-13-39-14-12-20)26(23)40-25(18)16-33(3)29(38)31-22-9-7-21(30)8-10-22/h4-10,18-20,25,35H,11-17H2,1-3H3,(H,31,38)(H,32,36)/t18-,19-,25+/m1/s1. The number of para-hydroxylation sites is 1. The first-order valence-electron chi connectivity index (χ1n) is 13.6. The predicted octanol–water partition coefficient (Wildman–Crippen LogP) is 3.57. The Balaban J connectivity index is 1.61. The summed E-state index contributed by atoms with van der Waals surface area (Å²) in [6, 6.07) is 9.61. The molecule has 0 aromatic heterocycles. The first kappa shape index (κ1) is 29.3. The Morgan fingerprint density at radius 2 is 1.85 bits per heavy atom. The third kappa shape index (κ3) is 6.89. The molecule has 2 aromatic carbocycles. The summed E-state index contributed by atoms with van der Waals surface area (Å²) in [7, 11) is 1.62. The zero-order valence-electron chi connectivity index (χ0n) is 23.1. The van der Waals surface area contributed by atoms with E-state index in [0.29, 0.717) is 37.4 Å². The second kappa shape index (κ2) is 13.1. The first-order valence-corrected chi connectivity index (χ1v) is 13.6. The third-order valence-electron chi connectivity index (χ3n) is 7.44. The molecule has 1 fully saturated rings. The number of carbonyl (C=O) groups excluding carboxylic acids is 3. The number of fused-ring (bicyclic) bond motifs is 1. The Hall–Kier alpha value is -3.70. The van der Waals surface area contributed by atoms with Crippen molar-refractivity contribution in [3.63, 3.8) is 0 Å². The highest BCUT2D eigenvalue weighted by Crippen LogP contribution is 2.35. The van der Waals surface area contributed by atoms with Crippen molar-refractivity contribution in [1.29, 1.82) is 0 Å². The van der Waals surface area contributed by atoms with Gasteiger partial charge in [0, 0.05) is 44.3 Å². The fraction of sp³-hybridized carbons (Fsp3) is 0.483. The van der Waals surface area contributed by atoms with Crippen molar-refractivity contribution in [3.05, 3.63) is 53.8 Å². The van der Waals surface area contributed by atoms with Gasteiger partial charge in [-0.1, -0.05) is 13.0 Å². The number of aliphatic hydroxyl groups excluding tert-OH is 1. The van der Waals surface area contributed by atoms with E-state index in [0.717, 1.165) is 0 Å². The van der Waals surface area contributed by atoms with Gasteiger partial charge in [-0.2, -0.15) is 0 Å². The number of nitrogens with zero attached hydrogens (tertiary/aromatic N) is 2. The summed E-state index contributed by atoms with van der Waals surface area (Å²) in [6.45, 7) is 4.93. The molecule has 0 aliphatic carbocycles. The molecule has 4 rings (SSSR count). The number of likely N-dealkylation sites (N-methyl/N-ethyl adjacent to an activating group) is 1. The molecule has 0 bridgehead atoms. The van der Waals surface area contributed by atoms with E-state index in [9.17, 15) is 23.9 Å². The molecule has 2 heterocycles. The van der Waals surface area contributed by atoms with Crippen LogP contribution in [0.2, 0.25) is 0 Å². The van der Waals surface area contributed by atoms with Gasteiger partial charge in [0.1, 0.15) is 11.9 Å². The van der Waals surface area contributed by atoms with Gasteiger partial charge >= 0.3 is 6.03 Å². The molecule has 2 aliphatic rings. The minimum atomic E-state index is -0.564. The van der Waals surface area contributed by atoms with Gasteiger partial charge in [-0.05, 0) is 56.2 Å². The first-order chi connectivity index (χ1) is 19.2. The van der Waals surface area contributed by atoms with E-state index in [2.05, 4.69) is 10.6 Å². The zero-order chi connectivity index (χ0) is 28.8. The van der Waals surface area contributed by atoms with E-state index in [1.165, 1.54) is 29.2 Å². The number of rotatable bonds is 7. The number of nitrogens with one attached hydrogen (secondary N) is 2. The minimum Gasteiger partial charge on any atom is -0.485 e. The molecular weight excluding hydrogens is 519 g/mol. The topological polar surface area (TPSA) is 120 Å². The molecule has 40 heavy (non-hydrogen) atoms. The highest BCUT2D eigenvalue weighted by molar-refractivity contribution is 6.02. The second-order valence-corrected chi connectivity index (χ2v) is 10.5. The van der Waals surface area contributed by atoms with Crippen LogP contribution in [0.1, 0.15) is 37.0 Å². The smallest absolute Gasteiger partial charge is 0.321 e.